The van der Waals surface area contributed by atoms with E-state index in [4.69, 9.17) is 23.2 Å². The minimum Gasteiger partial charge on any atom is -0.370 e. The number of halogens is 2. The van der Waals surface area contributed by atoms with Crippen molar-refractivity contribution in [3.63, 3.8) is 0 Å². The molecule has 7 heteroatoms. The zero-order valence-corrected chi connectivity index (χ0v) is 18.4. The predicted octanol–water partition coefficient (Wildman–Crippen LogP) is 5.22. The van der Waals surface area contributed by atoms with Crippen molar-refractivity contribution < 1.29 is 9.59 Å². The van der Waals surface area contributed by atoms with Gasteiger partial charge in [-0.3, -0.25) is 9.59 Å². The average Bonchev–Trinajstić information content (AvgIpc) is 3.13. The average molecular weight is 446 g/mol. The molecule has 0 spiro atoms. The quantitative estimate of drug-likeness (QED) is 0.701. The van der Waals surface area contributed by atoms with E-state index in [9.17, 15) is 9.59 Å². The molecule has 0 unspecified atom stereocenters. The molecule has 2 fully saturated rings. The van der Waals surface area contributed by atoms with Crippen LogP contribution in [0.5, 0.6) is 0 Å². The number of hydrogen-bond donors (Lipinski definition) is 1. The number of hydrogen-bond acceptors (Lipinski definition) is 3. The van der Waals surface area contributed by atoms with Gasteiger partial charge in [-0.2, -0.15) is 0 Å². The van der Waals surface area contributed by atoms with E-state index in [1.54, 1.807) is 23.1 Å². The highest BCUT2D eigenvalue weighted by molar-refractivity contribution is 6.44. The summed E-state index contributed by atoms with van der Waals surface area (Å²) in [4.78, 5) is 29.5. The first-order valence-corrected chi connectivity index (χ1v) is 11.1. The van der Waals surface area contributed by atoms with Crippen LogP contribution in [-0.2, 0) is 9.59 Å². The summed E-state index contributed by atoms with van der Waals surface area (Å²) in [6.45, 7) is 4.53. The first-order chi connectivity index (χ1) is 14.4. The van der Waals surface area contributed by atoms with Crippen molar-refractivity contribution in [2.45, 2.75) is 26.2 Å². The minimum absolute atomic E-state index is 0.127. The Kier molecular flexibility index (Phi) is 6.21. The molecule has 5 nitrogen and oxygen atoms in total. The number of benzene rings is 2. The second-order valence-corrected chi connectivity index (χ2v) is 8.94. The van der Waals surface area contributed by atoms with Crippen molar-refractivity contribution in [1.82, 2.24) is 0 Å². The lowest BCUT2D eigenvalue weighted by Gasteiger charge is -2.33. The second-order valence-electron chi connectivity index (χ2n) is 8.15. The topological polar surface area (TPSA) is 52.7 Å². The number of nitrogens with zero attached hydrogens (tertiary/aromatic N) is 2. The third kappa shape index (κ3) is 4.28. The molecule has 2 saturated heterocycles. The molecule has 30 heavy (non-hydrogen) atoms. The van der Waals surface area contributed by atoms with Crippen LogP contribution >= 0.6 is 23.2 Å². The van der Waals surface area contributed by atoms with E-state index < -0.39 is 5.92 Å². The molecule has 2 heterocycles. The van der Waals surface area contributed by atoms with Crippen LogP contribution in [0.1, 0.15) is 26.2 Å². The van der Waals surface area contributed by atoms with Gasteiger partial charge in [0.05, 0.1) is 33.0 Å². The summed E-state index contributed by atoms with van der Waals surface area (Å²) in [5, 5.41) is 3.78. The number of piperidine rings is 1. The molecule has 2 aromatic carbocycles. The van der Waals surface area contributed by atoms with Gasteiger partial charge in [0, 0.05) is 26.1 Å². The predicted molar refractivity (Wildman–Crippen MR) is 123 cm³/mol. The van der Waals surface area contributed by atoms with E-state index in [1.165, 1.54) is 0 Å². The van der Waals surface area contributed by atoms with Crippen LogP contribution in [0.2, 0.25) is 10.0 Å². The zero-order chi connectivity index (χ0) is 21.3. The SMILES string of the molecule is CC1CCN(c2ccccc2NC(=O)[C@H]2CC(=O)N(c3cccc(Cl)c3Cl)C2)CC1. The maximum atomic E-state index is 13.0. The van der Waals surface area contributed by atoms with Gasteiger partial charge in [0.2, 0.25) is 11.8 Å². The summed E-state index contributed by atoms with van der Waals surface area (Å²) >= 11 is 12.4. The van der Waals surface area contributed by atoms with E-state index in [0.29, 0.717) is 15.7 Å². The Morgan fingerprint density at radius 2 is 1.73 bits per heavy atom. The van der Waals surface area contributed by atoms with Crippen molar-refractivity contribution in [1.29, 1.82) is 0 Å². The lowest BCUT2D eigenvalue weighted by molar-refractivity contribution is -0.122. The van der Waals surface area contributed by atoms with E-state index in [1.807, 2.05) is 24.3 Å². The Labute approximate surface area is 186 Å². The number of rotatable bonds is 4. The molecule has 0 aromatic heterocycles. The van der Waals surface area contributed by atoms with Crippen molar-refractivity contribution >= 4 is 52.1 Å². The maximum absolute atomic E-state index is 13.0. The van der Waals surface area contributed by atoms with Gasteiger partial charge >= 0.3 is 0 Å². The number of para-hydroxylation sites is 2. The first kappa shape index (κ1) is 21.0. The zero-order valence-electron chi connectivity index (χ0n) is 16.9. The Morgan fingerprint density at radius 3 is 2.50 bits per heavy atom. The molecule has 2 aliphatic rings. The molecule has 0 aliphatic carbocycles. The fourth-order valence-electron chi connectivity index (χ4n) is 4.16. The van der Waals surface area contributed by atoms with Crippen molar-refractivity contribution in [3.05, 3.63) is 52.5 Å². The number of carbonyl (C=O) groups is 2. The van der Waals surface area contributed by atoms with Gasteiger partial charge in [0.1, 0.15) is 0 Å². The highest BCUT2D eigenvalue weighted by atomic mass is 35.5. The van der Waals surface area contributed by atoms with Gasteiger partial charge in [0.25, 0.3) is 0 Å². The monoisotopic (exact) mass is 445 g/mol. The molecular weight excluding hydrogens is 421 g/mol. The Bertz CT molecular complexity index is 957. The summed E-state index contributed by atoms with van der Waals surface area (Å²) in [7, 11) is 0. The Hall–Kier alpha value is -2.24. The van der Waals surface area contributed by atoms with Gasteiger partial charge < -0.3 is 15.1 Å². The molecule has 158 valence electrons. The van der Waals surface area contributed by atoms with E-state index in [2.05, 4.69) is 17.1 Å². The Balaban J connectivity index is 1.48. The number of carbonyl (C=O) groups excluding carboxylic acids is 2. The smallest absolute Gasteiger partial charge is 0.229 e. The van der Waals surface area contributed by atoms with Crippen LogP contribution in [0, 0.1) is 11.8 Å². The summed E-state index contributed by atoms with van der Waals surface area (Å²) in [5.41, 5.74) is 2.38. The van der Waals surface area contributed by atoms with Crippen LogP contribution in [0.25, 0.3) is 0 Å². The fourth-order valence-corrected chi connectivity index (χ4v) is 4.55. The standard InChI is InChI=1S/C23H25Cl2N3O2/c1-15-9-11-27(12-10-15)19-7-3-2-6-18(19)26-23(30)16-13-21(29)28(14-16)20-8-4-5-17(24)22(20)25/h2-8,15-16H,9-14H2,1H3,(H,26,30)/t16-/m0/s1. The lowest BCUT2D eigenvalue weighted by Crippen LogP contribution is -2.34. The largest absolute Gasteiger partial charge is 0.370 e. The van der Waals surface area contributed by atoms with Crippen molar-refractivity contribution in [2.24, 2.45) is 11.8 Å². The third-order valence-electron chi connectivity index (χ3n) is 6.00. The van der Waals surface area contributed by atoms with Gasteiger partial charge in [-0.15, -0.1) is 0 Å². The van der Waals surface area contributed by atoms with Crippen LogP contribution in [-0.4, -0.2) is 31.4 Å². The van der Waals surface area contributed by atoms with E-state index in [-0.39, 0.29) is 24.8 Å². The molecule has 0 bridgehead atoms. The number of amides is 2. The van der Waals surface area contributed by atoms with Crippen LogP contribution < -0.4 is 15.1 Å². The number of anilines is 3. The highest BCUT2D eigenvalue weighted by Crippen LogP contribution is 2.36. The summed E-state index contributed by atoms with van der Waals surface area (Å²) in [6.07, 6.45) is 2.45. The minimum atomic E-state index is -0.443. The molecular formula is C23H25Cl2N3O2. The summed E-state index contributed by atoms with van der Waals surface area (Å²) in [5.74, 6) is 0.0123. The third-order valence-corrected chi connectivity index (χ3v) is 6.81. The van der Waals surface area contributed by atoms with Gasteiger partial charge in [-0.25, -0.2) is 0 Å². The normalized spacial score (nSPS) is 20.0. The molecule has 2 amide bonds. The lowest BCUT2D eigenvalue weighted by atomic mass is 9.98. The molecule has 2 aliphatic heterocycles. The van der Waals surface area contributed by atoms with Gasteiger partial charge in [0.15, 0.2) is 0 Å². The van der Waals surface area contributed by atoms with Crippen molar-refractivity contribution in [3.8, 4) is 0 Å². The summed E-state index contributed by atoms with van der Waals surface area (Å²) in [6, 6.07) is 13.1. The highest BCUT2D eigenvalue weighted by Gasteiger charge is 2.36. The van der Waals surface area contributed by atoms with Crippen LogP contribution in [0.15, 0.2) is 42.5 Å². The molecule has 1 N–H and O–H groups in total. The molecule has 1 atom stereocenters. The Morgan fingerprint density at radius 1 is 1.03 bits per heavy atom. The first-order valence-electron chi connectivity index (χ1n) is 10.3. The van der Waals surface area contributed by atoms with Crippen LogP contribution in [0.4, 0.5) is 17.1 Å². The summed E-state index contributed by atoms with van der Waals surface area (Å²) < 4.78 is 0. The molecule has 2 aromatic rings. The van der Waals surface area contributed by atoms with Gasteiger partial charge in [-0.05, 0) is 43.0 Å². The van der Waals surface area contributed by atoms with Gasteiger partial charge in [-0.1, -0.05) is 48.3 Å². The van der Waals surface area contributed by atoms with E-state index in [0.717, 1.165) is 43.2 Å². The maximum Gasteiger partial charge on any atom is 0.229 e. The van der Waals surface area contributed by atoms with Crippen LogP contribution in [0.3, 0.4) is 0 Å². The molecule has 4 rings (SSSR count). The van der Waals surface area contributed by atoms with Crippen molar-refractivity contribution in [2.75, 3.05) is 34.8 Å². The molecule has 0 saturated carbocycles. The number of nitrogens with one attached hydrogen (secondary N) is 1. The van der Waals surface area contributed by atoms with E-state index >= 15 is 0 Å². The second kappa shape index (κ2) is 8.86. The fraction of sp³-hybridized carbons (Fsp3) is 0.391. The molecule has 0 radical (unpaired) electrons.